The normalized spacial score (nSPS) is 21.1. The van der Waals surface area contributed by atoms with E-state index in [2.05, 4.69) is 15.3 Å². The summed E-state index contributed by atoms with van der Waals surface area (Å²) in [5.74, 6) is 1.22. The Balaban J connectivity index is 1.27. The standard InChI is InChI=1S/C19H25N5O2/c25-19(20-18-6-8-24(21-18)17-4-2-1-3-5-17)23-11-9-22(10-12-23)14-16-7-13-26-15-16/h1-6,8,16H,7,9-15H2,(H,20,21,25). The number of ether oxygens (including phenoxy) is 1. The summed E-state index contributed by atoms with van der Waals surface area (Å²) in [6.45, 7) is 6.19. The quantitative estimate of drug-likeness (QED) is 0.912. The molecule has 2 amide bonds. The molecule has 0 saturated carbocycles. The van der Waals surface area contributed by atoms with Crippen LogP contribution in [-0.2, 0) is 4.74 Å². The highest BCUT2D eigenvalue weighted by atomic mass is 16.5. The van der Waals surface area contributed by atoms with Crippen LogP contribution in [0, 0.1) is 5.92 Å². The number of nitrogens with one attached hydrogen (secondary N) is 1. The predicted molar refractivity (Wildman–Crippen MR) is 99.5 cm³/mol. The van der Waals surface area contributed by atoms with E-state index in [0.29, 0.717) is 11.7 Å². The number of piperazine rings is 1. The molecule has 4 rings (SSSR count). The van der Waals surface area contributed by atoms with Gasteiger partial charge in [-0.25, -0.2) is 9.48 Å². The van der Waals surface area contributed by atoms with Crippen LogP contribution in [0.25, 0.3) is 5.69 Å². The van der Waals surface area contributed by atoms with Crippen LogP contribution >= 0.6 is 0 Å². The van der Waals surface area contributed by atoms with Crippen molar-refractivity contribution in [1.82, 2.24) is 19.6 Å². The molecule has 0 aliphatic carbocycles. The second-order valence-electron chi connectivity index (χ2n) is 6.93. The van der Waals surface area contributed by atoms with Gasteiger partial charge in [0.1, 0.15) is 0 Å². The first-order valence-electron chi connectivity index (χ1n) is 9.25. The molecule has 1 N–H and O–H groups in total. The average molecular weight is 355 g/mol. The maximum atomic E-state index is 12.5. The molecule has 1 aromatic carbocycles. The molecular weight excluding hydrogens is 330 g/mol. The van der Waals surface area contributed by atoms with E-state index in [1.54, 1.807) is 4.68 Å². The summed E-state index contributed by atoms with van der Waals surface area (Å²) in [4.78, 5) is 16.8. The summed E-state index contributed by atoms with van der Waals surface area (Å²) < 4.78 is 7.21. The highest BCUT2D eigenvalue weighted by Crippen LogP contribution is 2.16. The smallest absolute Gasteiger partial charge is 0.323 e. The Hall–Kier alpha value is -2.38. The van der Waals surface area contributed by atoms with E-state index in [9.17, 15) is 4.79 Å². The molecule has 0 bridgehead atoms. The zero-order chi connectivity index (χ0) is 17.8. The van der Waals surface area contributed by atoms with Crippen molar-refractivity contribution in [3.63, 3.8) is 0 Å². The fourth-order valence-electron chi connectivity index (χ4n) is 3.53. The highest BCUT2D eigenvalue weighted by Gasteiger charge is 2.25. The van der Waals surface area contributed by atoms with Crippen molar-refractivity contribution in [2.24, 2.45) is 5.92 Å². The minimum absolute atomic E-state index is 0.0767. The van der Waals surface area contributed by atoms with Gasteiger partial charge in [0, 0.05) is 51.6 Å². The van der Waals surface area contributed by atoms with Crippen molar-refractivity contribution in [1.29, 1.82) is 0 Å². The molecule has 1 aromatic heterocycles. The summed E-state index contributed by atoms with van der Waals surface area (Å²) in [6.07, 6.45) is 3.01. The van der Waals surface area contributed by atoms with Crippen molar-refractivity contribution in [3.8, 4) is 5.69 Å². The third-order valence-electron chi connectivity index (χ3n) is 5.04. The van der Waals surface area contributed by atoms with Crippen LogP contribution in [0.3, 0.4) is 0 Å². The number of amides is 2. The lowest BCUT2D eigenvalue weighted by Gasteiger charge is -2.35. The number of para-hydroxylation sites is 1. The Bertz CT molecular complexity index is 719. The maximum absolute atomic E-state index is 12.5. The molecule has 7 nitrogen and oxygen atoms in total. The molecule has 1 unspecified atom stereocenters. The van der Waals surface area contributed by atoms with Crippen LogP contribution in [0.15, 0.2) is 42.6 Å². The molecular formula is C19H25N5O2. The molecule has 1 atom stereocenters. The summed E-state index contributed by atoms with van der Waals surface area (Å²) in [6, 6.07) is 11.6. The van der Waals surface area contributed by atoms with Crippen LogP contribution in [0.2, 0.25) is 0 Å². The Morgan fingerprint density at radius 3 is 2.69 bits per heavy atom. The lowest BCUT2D eigenvalue weighted by molar-refractivity contribution is 0.124. The number of aromatic nitrogens is 2. The molecule has 138 valence electrons. The third-order valence-corrected chi connectivity index (χ3v) is 5.04. The molecule has 3 heterocycles. The largest absolute Gasteiger partial charge is 0.381 e. The number of anilines is 1. The molecule has 7 heteroatoms. The van der Waals surface area contributed by atoms with E-state index in [1.165, 1.54) is 0 Å². The van der Waals surface area contributed by atoms with Gasteiger partial charge in [-0.2, -0.15) is 0 Å². The monoisotopic (exact) mass is 355 g/mol. The first-order valence-corrected chi connectivity index (χ1v) is 9.25. The average Bonchev–Trinajstić information content (AvgIpc) is 3.35. The van der Waals surface area contributed by atoms with Crippen LogP contribution in [-0.4, -0.2) is 71.5 Å². The van der Waals surface area contributed by atoms with Crippen LogP contribution in [0.1, 0.15) is 6.42 Å². The van der Waals surface area contributed by atoms with Gasteiger partial charge >= 0.3 is 6.03 Å². The maximum Gasteiger partial charge on any atom is 0.323 e. The van der Waals surface area contributed by atoms with Crippen LogP contribution < -0.4 is 5.32 Å². The topological polar surface area (TPSA) is 62.6 Å². The second-order valence-corrected chi connectivity index (χ2v) is 6.93. The third kappa shape index (κ3) is 4.05. The van der Waals surface area contributed by atoms with Crippen molar-refractivity contribution < 1.29 is 9.53 Å². The number of carbonyl (C=O) groups is 1. The molecule has 0 radical (unpaired) electrons. The van der Waals surface area contributed by atoms with Crippen molar-refractivity contribution >= 4 is 11.8 Å². The van der Waals surface area contributed by atoms with E-state index in [4.69, 9.17) is 4.74 Å². The van der Waals surface area contributed by atoms with E-state index in [1.807, 2.05) is 47.5 Å². The van der Waals surface area contributed by atoms with Gasteiger partial charge in [-0.05, 0) is 24.5 Å². The number of carbonyl (C=O) groups excluding carboxylic acids is 1. The molecule has 2 saturated heterocycles. The Labute approximate surface area is 153 Å². The van der Waals surface area contributed by atoms with E-state index < -0.39 is 0 Å². The van der Waals surface area contributed by atoms with Crippen molar-refractivity contribution in [2.45, 2.75) is 6.42 Å². The zero-order valence-corrected chi connectivity index (χ0v) is 14.9. The predicted octanol–water partition coefficient (Wildman–Crippen LogP) is 2.06. The Morgan fingerprint density at radius 2 is 1.96 bits per heavy atom. The lowest BCUT2D eigenvalue weighted by Crippen LogP contribution is -2.51. The van der Waals surface area contributed by atoms with Crippen molar-refractivity contribution in [2.75, 3.05) is 51.3 Å². The second kappa shape index (κ2) is 7.88. The lowest BCUT2D eigenvalue weighted by atomic mass is 10.1. The first kappa shape index (κ1) is 17.1. The van der Waals surface area contributed by atoms with Gasteiger partial charge in [0.05, 0.1) is 12.3 Å². The Morgan fingerprint density at radius 1 is 1.15 bits per heavy atom. The fourth-order valence-corrected chi connectivity index (χ4v) is 3.53. The number of benzene rings is 1. The van der Waals surface area contributed by atoms with Gasteiger partial charge in [-0.1, -0.05) is 18.2 Å². The van der Waals surface area contributed by atoms with E-state index in [0.717, 1.165) is 58.0 Å². The number of hydrogen-bond donors (Lipinski definition) is 1. The van der Waals surface area contributed by atoms with Gasteiger partial charge in [0.2, 0.25) is 0 Å². The molecule has 26 heavy (non-hydrogen) atoms. The number of nitrogens with zero attached hydrogens (tertiary/aromatic N) is 4. The van der Waals surface area contributed by atoms with Gasteiger partial charge in [0.25, 0.3) is 0 Å². The molecule has 2 aromatic rings. The Kier molecular flexibility index (Phi) is 5.17. The van der Waals surface area contributed by atoms with Gasteiger partial charge in [0.15, 0.2) is 5.82 Å². The summed E-state index contributed by atoms with van der Waals surface area (Å²) in [7, 11) is 0. The minimum Gasteiger partial charge on any atom is -0.381 e. The number of rotatable bonds is 4. The molecule has 0 spiro atoms. The minimum atomic E-state index is -0.0767. The van der Waals surface area contributed by atoms with Crippen LogP contribution in [0.5, 0.6) is 0 Å². The van der Waals surface area contributed by atoms with Crippen LogP contribution in [0.4, 0.5) is 10.6 Å². The highest BCUT2D eigenvalue weighted by molar-refractivity contribution is 5.88. The van der Waals surface area contributed by atoms with Gasteiger partial charge in [-0.15, -0.1) is 5.10 Å². The molecule has 2 aliphatic rings. The van der Waals surface area contributed by atoms with Gasteiger partial charge in [-0.3, -0.25) is 10.2 Å². The number of hydrogen-bond acceptors (Lipinski definition) is 4. The molecule has 2 fully saturated rings. The fraction of sp³-hybridized carbons (Fsp3) is 0.474. The summed E-state index contributed by atoms with van der Waals surface area (Å²) in [5, 5.41) is 7.34. The van der Waals surface area contributed by atoms with E-state index >= 15 is 0 Å². The molecule has 2 aliphatic heterocycles. The first-order chi connectivity index (χ1) is 12.8. The SMILES string of the molecule is O=C(Nc1ccn(-c2ccccc2)n1)N1CCN(CC2CCOC2)CC1. The summed E-state index contributed by atoms with van der Waals surface area (Å²) in [5.41, 5.74) is 0.970. The van der Waals surface area contributed by atoms with Gasteiger partial charge < -0.3 is 9.64 Å². The summed E-state index contributed by atoms with van der Waals surface area (Å²) >= 11 is 0. The number of urea groups is 1. The van der Waals surface area contributed by atoms with Crippen molar-refractivity contribution in [3.05, 3.63) is 42.6 Å². The zero-order valence-electron chi connectivity index (χ0n) is 14.9. The van der Waals surface area contributed by atoms with E-state index in [-0.39, 0.29) is 6.03 Å².